The second-order valence-electron chi connectivity index (χ2n) is 8.13. The van der Waals surface area contributed by atoms with Crippen LogP contribution >= 0.6 is 15.9 Å². The summed E-state index contributed by atoms with van der Waals surface area (Å²) >= 11 is 3.25. The van der Waals surface area contributed by atoms with Crippen molar-refractivity contribution >= 4 is 33.0 Å². The van der Waals surface area contributed by atoms with Crippen molar-refractivity contribution in [1.82, 2.24) is 0 Å². The molecule has 3 aliphatic rings. The van der Waals surface area contributed by atoms with Crippen LogP contribution in [0.5, 0.6) is 0 Å². The molecule has 3 saturated heterocycles. The van der Waals surface area contributed by atoms with Gasteiger partial charge in [-0.3, -0.25) is 0 Å². The average Bonchev–Trinajstić information content (AvgIpc) is 2.73. The molecule has 0 radical (unpaired) electrons. The number of hydrogen-bond donors (Lipinski definition) is 0. The highest BCUT2D eigenvalue weighted by molar-refractivity contribution is 9.10. The number of piperidine rings is 3. The maximum absolute atomic E-state index is 15.4. The van der Waals surface area contributed by atoms with Gasteiger partial charge in [-0.05, 0) is 73.7 Å². The first-order chi connectivity index (χ1) is 13.2. The van der Waals surface area contributed by atoms with Gasteiger partial charge in [0.05, 0.1) is 10.2 Å². The van der Waals surface area contributed by atoms with E-state index in [4.69, 9.17) is 0 Å². The summed E-state index contributed by atoms with van der Waals surface area (Å²) < 4.78 is 30.9. The lowest BCUT2D eigenvalue weighted by atomic mass is 10.0. The second kappa shape index (κ2) is 8.54. The minimum Gasteiger partial charge on any atom is -0.368 e. The largest absolute Gasteiger partial charge is 0.368 e. The Labute approximate surface area is 169 Å². The van der Waals surface area contributed by atoms with Crippen molar-refractivity contribution in [3.63, 3.8) is 0 Å². The molecule has 1 aromatic rings. The predicted molar refractivity (Wildman–Crippen MR) is 112 cm³/mol. The molecule has 3 heterocycles. The highest BCUT2D eigenvalue weighted by Crippen LogP contribution is 2.48. The van der Waals surface area contributed by atoms with E-state index in [1.807, 2.05) is 0 Å². The lowest BCUT2D eigenvalue weighted by Gasteiger charge is -2.41. The first-order valence-electron chi connectivity index (χ1n) is 10.6. The number of anilines is 3. The van der Waals surface area contributed by atoms with Crippen LogP contribution in [0, 0.1) is 11.6 Å². The molecule has 0 aliphatic carbocycles. The zero-order chi connectivity index (χ0) is 18.8. The Morgan fingerprint density at radius 1 is 0.481 bits per heavy atom. The van der Waals surface area contributed by atoms with E-state index >= 15 is 8.78 Å². The first-order valence-corrected chi connectivity index (χ1v) is 11.4. The number of hydrogen-bond acceptors (Lipinski definition) is 3. The molecule has 0 amide bonds. The summed E-state index contributed by atoms with van der Waals surface area (Å²) in [5.74, 6) is -0.841. The van der Waals surface area contributed by atoms with Gasteiger partial charge in [-0.2, -0.15) is 0 Å². The summed E-state index contributed by atoms with van der Waals surface area (Å²) in [6, 6.07) is 0. The Morgan fingerprint density at radius 2 is 0.778 bits per heavy atom. The van der Waals surface area contributed by atoms with Gasteiger partial charge < -0.3 is 14.7 Å². The van der Waals surface area contributed by atoms with Gasteiger partial charge >= 0.3 is 0 Å². The molecule has 4 rings (SSSR count). The van der Waals surface area contributed by atoms with E-state index < -0.39 is 11.6 Å². The monoisotopic (exact) mass is 441 g/mol. The normalized spacial score (nSPS) is 21.7. The van der Waals surface area contributed by atoms with E-state index in [1.54, 1.807) is 0 Å². The van der Waals surface area contributed by atoms with Crippen LogP contribution in [0.1, 0.15) is 57.8 Å². The van der Waals surface area contributed by atoms with Gasteiger partial charge in [0, 0.05) is 39.3 Å². The fourth-order valence-corrected chi connectivity index (χ4v) is 5.23. The second-order valence-corrected chi connectivity index (χ2v) is 8.92. The van der Waals surface area contributed by atoms with Crippen LogP contribution in [0.3, 0.4) is 0 Å². The van der Waals surface area contributed by atoms with E-state index in [9.17, 15) is 0 Å². The van der Waals surface area contributed by atoms with Crippen LogP contribution in [0.15, 0.2) is 4.47 Å². The fraction of sp³-hybridized carbons (Fsp3) is 0.714. The third kappa shape index (κ3) is 3.79. The van der Waals surface area contributed by atoms with Crippen molar-refractivity contribution in [3.05, 3.63) is 16.1 Å². The predicted octanol–water partition coefficient (Wildman–Crippen LogP) is 5.70. The first kappa shape index (κ1) is 19.3. The molecular formula is C21H30BrF2N3. The van der Waals surface area contributed by atoms with Gasteiger partial charge in [-0.25, -0.2) is 8.78 Å². The zero-order valence-electron chi connectivity index (χ0n) is 16.1. The Hall–Kier alpha value is -1.04. The van der Waals surface area contributed by atoms with Crippen LogP contribution in [-0.4, -0.2) is 39.3 Å². The molecule has 0 atom stereocenters. The summed E-state index contributed by atoms with van der Waals surface area (Å²) in [6.45, 7) is 5.21. The molecule has 0 bridgehead atoms. The summed E-state index contributed by atoms with van der Waals surface area (Å²) in [5, 5.41) is 0. The highest BCUT2D eigenvalue weighted by Gasteiger charge is 2.33. The summed E-state index contributed by atoms with van der Waals surface area (Å²) in [5.41, 5.74) is 2.08. The Bertz CT molecular complexity index is 619. The van der Waals surface area contributed by atoms with Crippen molar-refractivity contribution in [2.24, 2.45) is 0 Å². The molecule has 3 aliphatic heterocycles. The van der Waals surface area contributed by atoms with Gasteiger partial charge in [0.25, 0.3) is 0 Å². The number of nitrogens with zero attached hydrogens (tertiary/aromatic N) is 3. The number of rotatable bonds is 3. The molecule has 0 spiro atoms. The molecular weight excluding hydrogens is 412 g/mol. The zero-order valence-corrected chi connectivity index (χ0v) is 17.7. The van der Waals surface area contributed by atoms with E-state index in [0.717, 1.165) is 83.5 Å². The average molecular weight is 442 g/mol. The van der Waals surface area contributed by atoms with Crippen LogP contribution in [0.2, 0.25) is 0 Å². The van der Waals surface area contributed by atoms with E-state index in [-0.39, 0.29) is 4.47 Å². The molecule has 150 valence electrons. The third-order valence-corrected chi connectivity index (χ3v) is 6.96. The third-order valence-electron chi connectivity index (χ3n) is 6.27. The van der Waals surface area contributed by atoms with Crippen molar-refractivity contribution in [2.45, 2.75) is 57.8 Å². The van der Waals surface area contributed by atoms with Crippen molar-refractivity contribution < 1.29 is 8.78 Å². The smallest absolute Gasteiger partial charge is 0.165 e. The molecule has 0 saturated carbocycles. The molecule has 0 unspecified atom stereocenters. The van der Waals surface area contributed by atoms with E-state index in [1.165, 1.54) is 19.3 Å². The molecule has 3 nitrogen and oxygen atoms in total. The molecule has 1 aromatic carbocycles. The van der Waals surface area contributed by atoms with Crippen molar-refractivity contribution in [1.29, 1.82) is 0 Å². The van der Waals surface area contributed by atoms with Crippen LogP contribution in [0.25, 0.3) is 0 Å². The molecule has 6 heteroatoms. The molecule has 27 heavy (non-hydrogen) atoms. The van der Waals surface area contributed by atoms with Crippen LogP contribution in [0.4, 0.5) is 25.8 Å². The van der Waals surface area contributed by atoms with Crippen molar-refractivity contribution in [2.75, 3.05) is 54.0 Å². The van der Waals surface area contributed by atoms with E-state index in [2.05, 4.69) is 30.6 Å². The van der Waals surface area contributed by atoms with Gasteiger partial charge in [0.2, 0.25) is 0 Å². The Morgan fingerprint density at radius 3 is 1.11 bits per heavy atom. The number of benzene rings is 1. The number of halogens is 3. The topological polar surface area (TPSA) is 9.72 Å². The summed E-state index contributed by atoms with van der Waals surface area (Å²) in [4.78, 5) is 6.59. The van der Waals surface area contributed by atoms with Gasteiger partial charge in [0.1, 0.15) is 11.4 Å². The Balaban J connectivity index is 1.88. The highest BCUT2D eigenvalue weighted by atomic mass is 79.9. The minimum absolute atomic E-state index is 0.00408. The molecule has 3 fully saturated rings. The standard InChI is InChI=1S/C21H30BrF2N3/c22-16-17(23)19(25-10-4-1-5-11-25)21(27-14-8-3-9-15-27)20(18(16)24)26-12-6-2-7-13-26/h1-15H2. The SMILES string of the molecule is Fc1c(Br)c(F)c(N2CCCCC2)c(N2CCCCC2)c1N1CCCCC1. The van der Waals surface area contributed by atoms with Crippen molar-refractivity contribution in [3.8, 4) is 0 Å². The lowest BCUT2D eigenvalue weighted by molar-refractivity contribution is 0.522. The maximum Gasteiger partial charge on any atom is 0.165 e. The minimum atomic E-state index is -0.421. The van der Waals surface area contributed by atoms with Gasteiger partial charge in [0.15, 0.2) is 11.6 Å². The van der Waals surface area contributed by atoms with Gasteiger partial charge in [-0.15, -0.1) is 0 Å². The van der Waals surface area contributed by atoms with E-state index in [0.29, 0.717) is 11.4 Å². The van der Waals surface area contributed by atoms with Gasteiger partial charge in [-0.1, -0.05) is 0 Å². The quantitative estimate of drug-likeness (QED) is 0.557. The summed E-state index contributed by atoms with van der Waals surface area (Å²) in [6.07, 6.45) is 10.1. The lowest BCUT2D eigenvalue weighted by Crippen LogP contribution is -2.38. The van der Waals surface area contributed by atoms with Crippen LogP contribution in [-0.2, 0) is 0 Å². The summed E-state index contributed by atoms with van der Waals surface area (Å²) in [7, 11) is 0. The fourth-order valence-electron chi connectivity index (χ4n) is 4.85. The molecule has 0 aromatic heterocycles. The molecule has 0 N–H and O–H groups in total. The maximum atomic E-state index is 15.4. The Kier molecular flexibility index (Phi) is 6.10. The van der Waals surface area contributed by atoms with Crippen LogP contribution < -0.4 is 14.7 Å².